The molecule has 1 aromatic rings. The molecule has 60 valence electrons. The summed E-state index contributed by atoms with van der Waals surface area (Å²) in [7, 11) is 0. The Morgan fingerprint density at radius 2 is 2.25 bits per heavy atom. The fraction of sp³-hybridized carbons (Fsp3) is 0.0909. The van der Waals surface area contributed by atoms with Gasteiger partial charge in [-0.05, 0) is 44.9 Å². The first kappa shape index (κ1) is 7.96. The molecule has 0 atom stereocenters. The van der Waals surface area contributed by atoms with Crippen LogP contribution in [0.2, 0.25) is 0 Å². The van der Waals surface area contributed by atoms with Crippen molar-refractivity contribution in [1.29, 1.82) is 0 Å². The number of allylic oxidation sites excluding steroid dienone is 2. The van der Waals surface area contributed by atoms with Crippen LogP contribution in [-0.2, 0) is 0 Å². The summed E-state index contributed by atoms with van der Waals surface area (Å²) in [5.74, 6) is 0. The molecule has 0 nitrogen and oxygen atoms in total. The van der Waals surface area contributed by atoms with Crippen LogP contribution in [0.25, 0.3) is 6.08 Å². The van der Waals surface area contributed by atoms with Crippen molar-refractivity contribution in [2.45, 2.75) is 6.92 Å². The number of benzene rings is 1. The van der Waals surface area contributed by atoms with Crippen molar-refractivity contribution in [3.05, 3.63) is 45.0 Å². The molecule has 0 amide bonds. The van der Waals surface area contributed by atoms with E-state index < -0.39 is 0 Å². The molecule has 0 aromatic heterocycles. The standard InChI is InChI=1S/C11H9I/c1-9-5-4-7-10-6-2-3-8-12-11(9)10/h2-7H,1H3. The fourth-order valence-electron chi connectivity index (χ4n) is 1.20. The Morgan fingerprint density at radius 3 is 3.17 bits per heavy atom. The summed E-state index contributed by atoms with van der Waals surface area (Å²) in [6, 6.07) is 6.48. The maximum absolute atomic E-state index is 3.34. The second-order valence-corrected chi connectivity index (χ2v) is 4.95. The van der Waals surface area contributed by atoms with Gasteiger partial charge in [0.25, 0.3) is 0 Å². The fourth-order valence-corrected chi connectivity index (χ4v) is 3.18. The molecule has 0 aliphatic carbocycles. The van der Waals surface area contributed by atoms with Crippen LogP contribution < -0.4 is 0 Å². The van der Waals surface area contributed by atoms with Gasteiger partial charge >= 0.3 is 0 Å². The summed E-state index contributed by atoms with van der Waals surface area (Å²) in [5, 5.41) is 0. The summed E-state index contributed by atoms with van der Waals surface area (Å²) < 4.78 is 4.86. The summed E-state index contributed by atoms with van der Waals surface area (Å²) in [5.41, 5.74) is 2.79. The first-order valence-electron chi connectivity index (χ1n) is 3.87. The number of fused-ring (bicyclic) bond motifs is 1. The number of hydrogen-bond donors (Lipinski definition) is 0. The zero-order valence-corrected chi connectivity index (χ0v) is 9.00. The third-order valence-electron chi connectivity index (χ3n) is 1.81. The van der Waals surface area contributed by atoms with Crippen LogP contribution in [0.4, 0.5) is 0 Å². The van der Waals surface area contributed by atoms with Crippen LogP contribution in [0.5, 0.6) is 0 Å². The molecule has 0 fully saturated rings. The molecular weight excluding hydrogens is 259 g/mol. The second-order valence-electron chi connectivity index (χ2n) is 2.71. The van der Waals surface area contributed by atoms with Crippen LogP contribution in [0, 0.1) is 10.5 Å². The van der Waals surface area contributed by atoms with Crippen LogP contribution in [0.3, 0.4) is 0 Å². The van der Waals surface area contributed by atoms with E-state index >= 15 is 0 Å². The van der Waals surface area contributed by atoms with Gasteiger partial charge in [-0.15, -0.1) is 0 Å². The largest absolute Gasteiger partial charge is 0.0819 e. The van der Waals surface area contributed by atoms with E-state index in [9.17, 15) is 0 Å². The maximum Gasteiger partial charge on any atom is 0.0252 e. The predicted molar refractivity (Wildman–Crippen MR) is 62.5 cm³/mol. The van der Waals surface area contributed by atoms with Crippen molar-refractivity contribution in [2.24, 2.45) is 0 Å². The zero-order valence-electron chi connectivity index (χ0n) is 6.84. The van der Waals surface area contributed by atoms with Crippen molar-refractivity contribution in [3.8, 4) is 0 Å². The minimum Gasteiger partial charge on any atom is -0.0819 e. The van der Waals surface area contributed by atoms with Gasteiger partial charge in [0, 0.05) is 3.57 Å². The van der Waals surface area contributed by atoms with E-state index in [1.54, 1.807) is 0 Å². The van der Waals surface area contributed by atoms with Crippen LogP contribution in [0.1, 0.15) is 11.1 Å². The molecule has 2 rings (SSSR count). The first-order chi connectivity index (χ1) is 5.88. The molecule has 0 spiro atoms. The summed E-state index contributed by atoms with van der Waals surface area (Å²) in [6.45, 7) is 2.18. The highest BCUT2D eigenvalue weighted by Crippen LogP contribution is 2.22. The molecule has 0 N–H and O–H groups in total. The zero-order chi connectivity index (χ0) is 8.39. The molecular formula is C11H9I. The van der Waals surface area contributed by atoms with E-state index in [0.29, 0.717) is 0 Å². The van der Waals surface area contributed by atoms with Crippen molar-refractivity contribution >= 4 is 30.5 Å². The van der Waals surface area contributed by atoms with Crippen molar-refractivity contribution in [3.63, 3.8) is 0 Å². The van der Waals surface area contributed by atoms with Gasteiger partial charge in [0.15, 0.2) is 0 Å². The first-order valence-corrected chi connectivity index (χ1v) is 6.02. The third-order valence-corrected chi connectivity index (χ3v) is 4.49. The Labute approximate surface area is 82.4 Å². The van der Waals surface area contributed by atoms with Crippen LogP contribution in [0.15, 0.2) is 30.4 Å². The van der Waals surface area contributed by atoms with Crippen molar-refractivity contribution < 1.29 is 0 Å². The molecule has 0 unspecified atom stereocenters. The Bertz CT molecular complexity index is 393. The third kappa shape index (κ3) is 1.43. The molecule has 12 heavy (non-hydrogen) atoms. The Balaban J connectivity index is 2.73. The number of aryl methyl sites for hydroxylation is 1. The highest BCUT2D eigenvalue weighted by Gasteiger charge is 2.00. The summed E-state index contributed by atoms with van der Waals surface area (Å²) in [6.07, 6.45) is 6.28. The molecule has 1 aliphatic rings. The molecule has 0 saturated heterocycles. The Morgan fingerprint density at radius 1 is 1.33 bits per heavy atom. The van der Waals surface area contributed by atoms with Crippen LogP contribution in [-0.4, -0.2) is 3.67 Å². The smallest absolute Gasteiger partial charge is 0.0252 e. The van der Waals surface area contributed by atoms with E-state index in [0.717, 1.165) is 0 Å². The summed E-state index contributed by atoms with van der Waals surface area (Å²) >= 11 is -0.0223. The highest BCUT2D eigenvalue weighted by atomic mass is 127. The SMILES string of the molecule is Cc1cccc2c1I=C=CC=C2. The van der Waals surface area contributed by atoms with Gasteiger partial charge in [0.1, 0.15) is 0 Å². The minimum atomic E-state index is -0.0223. The van der Waals surface area contributed by atoms with Gasteiger partial charge < -0.3 is 0 Å². The van der Waals surface area contributed by atoms with Crippen LogP contribution >= 0.6 is 20.7 Å². The molecule has 0 saturated carbocycles. The van der Waals surface area contributed by atoms with Gasteiger partial charge in [-0.3, -0.25) is 0 Å². The number of rotatable bonds is 0. The van der Waals surface area contributed by atoms with Gasteiger partial charge in [-0.1, -0.05) is 34.0 Å². The average molecular weight is 268 g/mol. The minimum absolute atomic E-state index is 0.0223. The van der Waals surface area contributed by atoms with Crippen molar-refractivity contribution in [2.75, 3.05) is 0 Å². The monoisotopic (exact) mass is 268 g/mol. The number of halogens is 1. The second kappa shape index (κ2) is 3.38. The highest BCUT2D eigenvalue weighted by molar-refractivity contribution is 14.2. The molecule has 1 aliphatic heterocycles. The Kier molecular flexibility index (Phi) is 2.24. The lowest BCUT2D eigenvalue weighted by Crippen LogP contribution is -1.84. The number of hydrogen-bond acceptors (Lipinski definition) is 0. The van der Waals surface area contributed by atoms with Gasteiger partial charge in [0.2, 0.25) is 0 Å². The van der Waals surface area contributed by atoms with E-state index in [4.69, 9.17) is 0 Å². The van der Waals surface area contributed by atoms with Crippen molar-refractivity contribution in [1.82, 2.24) is 0 Å². The average Bonchev–Trinajstić information content (AvgIpc) is 2.30. The predicted octanol–water partition coefficient (Wildman–Crippen LogP) is 3.12. The summed E-state index contributed by atoms with van der Waals surface area (Å²) in [4.78, 5) is 0. The quantitative estimate of drug-likeness (QED) is 0.634. The van der Waals surface area contributed by atoms with E-state index in [1.165, 1.54) is 14.7 Å². The van der Waals surface area contributed by atoms with E-state index in [-0.39, 0.29) is 20.7 Å². The van der Waals surface area contributed by atoms with Gasteiger partial charge in [-0.25, -0.2) is 0 Å². The maximum atomic E-state index is 3.34. The molecule has 0 radical (unpaired) electrons. The van der Waals surface area contributed by atoms with E-state index in [2.05, 4.69) is 40.9 Å². The van der Waals surface area contributed by atoms with Gasteiger partial charge in [-0.2, -0.15) is 0 Å². The lowest BCUT2D eigenvalue weighted by Gasteiger charge is -2.01. The molecule has 1 aromatic carbocycles. The lowest BCUT2D eigenvalue weighted by molar-refractivity contribution is 1.41. The Hall–Kier alpha value is -0.660. The van der Waals surface area contributed by atoms with E-state index in [1.807, 2.05) is 6.08 Å². The topological polar surface area (TPSA) is 0 Å². The molecule has 1 heterocycles. The normalized spacial score (nSPS) is 13.4. The van der Waals surface area contributed by atoms with Gasteiger partial charge in [0.05, 0.1) is 0 Å². The molecule has 0 bridgehead atoms. The lowest BCUT2D eigenvalue weighted by atomic mass is 10.1. The molecule has 1 heteroatoms.